The molecule has 0 bridgehead atoms. The first-order valence-corrected chi connectivity index (χ1v) is 18.8. The molecule has 0 radical (unpaired) electrons. The van der Waals surface area contributed by atoms with E-state index in [1.165, 1.54) is 36.3 Å². The second-order valence-electron chi connectivity index (χ2n) is 13.6. The molecular formula is C49H29N3OS. The first-order chi connectivity index (χ1) is 26.7. The van der Waals surface area contributed by atoms with Gasteiger partial charge in [0.25, 0.3) is 0 Å². The van der Waals surface area contributed by atoms with Crippen LogP contribution >= 0.6 is 11.3 Å². The van der Waals surface area contributed by atoms with Crippen molar-refractivity contribution in [3.05, 3.63) is 176 Å². The highest BCUT2D eigenvalue weighted by Gasteiger charge is 2.20. The summed E-state index contributed by atoms with van der Waals surface area (Å²) in [6, 6.07) is 61.4. The normalized spacial score (nSPS) is 11.7. The Morgan fingerprint density at radius 2 is 0.889 bits per heavy atom. The lowest BCUT2D eigenvalue weighted by molar-refractivity contribution is 0.669. The predicted molar refractivity (Wildman–Crippen MR) is 225 cm³/mol. The number of furan rings is 1. The fraction of sp³-hybridized carbons (Fsp3) is 0. The Bertz CT molecular complexity index is 3160. The lowest BCUT2D eigenvalue weighted by Gasteiger charge is -2.12. The van der Waals surface area contributed by atoms with Crippen LogP contribution < -0.4 is 0 Å². The van der Waals surface area contributed by atoms with Crippen molar-refractivity contribution in [1.82, 2.24) is 15.0 Å². The SMILES string of the molecule is c1ccc(-c2nc(-c3ccccc3)nc(-c3cccc(-c4cccc(-c5cc6oc7ccccc7c6c6c5ccc5c7ccccc7sc56)c4)c3)n2)cc1. The van der Waals surface area contributed by atoms with E-state index in [1.54, 1.807) is 0 Å². The lowest BCUT2D eigenvalue weighted by Crippen LogP contribution is -2.00. The summed E-state index contributed by atoms with van der Waals surface area (Å²) in [5, 5.41) is 7.35. The Morgan fingerprint density at radius 1 is 0.352 bits per heavy atom. The van der Waals surface area contributed by atoms with Gasteiger partial charge in [0.2, 0.25) is 0 Å². The van der Waals surface area contributed by atoms with Crippen LogP contribution in [-0.2, 0) is 0 Å². The number of benzene rings is 8. The maximum Gasteiger partial charge on any atom is 0.164 e. The highest BCUT2D eigenvalue weighted by atomic mass is 32.1. The number of para-hydroxylation sites is 1. The molecule has 0 saturated heterocycles. The number of hydrogen-bond donors (Lipinski definition) is 0. The zero-order valence-corrected chi connectivity index (χ0v) is 29.7. The van der Waals surface area contributed by atoms with Crippen molar-refractivity contribution in [3.8, 4) is 56.4 Å². The van der Waals surface area contributed by atoms with Crippen molar-refractivity contribution in [2.45, 2.75) is 0 Å². The van der Waals surface area contributed by atoms with Crippen molar-refractivity contribution < 1.29 is 4.42 Å². The number of hydrogen-bond acceptors (Lipinski definition) is 5. The van der Waals surface area contributed by atoms with E-state index in [0.717, 1.165) is 55.5 Å². The van der Waals surface area contributed by atoms with E-state index in [9.17, 15) is 0 Å². The van der Waals surface area contributed by atoms with E-state index >= 15 is 0 Å². The molecule has 0 amide bonds. The summed E-state index contributed by atoms with van der Waals surface area (Å²) in [5.41, 5.74) is 9.08. The molecule has 8 aromatic carbocycles. The van der Waals surface area contributed by atoms with Crippen molar-refractivity contribution in [1.29, 1.82) is 0 Å². The van der Waals surface area contributed by atoms with Crippen LogP contribution in [0.15, 0.2) is 180 Å². The van der Waals surface area contributed by atoms with E-state index in [0.29, 0.717) is 17.5 Å². The average molecular weight is 708 g/mol. The van der Waals surface area contributed by atoms with Gasteiger partial charge in [-0.05, 0) is 58.0 Å². The quantitative estimate of drug-likeness (QED) is 0.179. The smallest absolute Gasteiger partial charge is 0.164 e. The first kappa shape index (κ1) is 30.7. The standard InChI is InChI=1S/C49H29N3OS/c1-3-13-30(14-4-1)47-50-48(31-15-5-2-6-16-31)52-49(51-47)35-20-12-18-33(28-35)32-17-11-19-34(27-32)40-29-42-44(39-22-7-9-23-41(39)53-42)45-37(40)25-26-38-36-21-8-10-24-43(36)54-46(38)45/h1-29H. The van der Waals surface area contributed by atoms with Gasteiger partial charge in [0, 0.05) is 53.0 Å². The molecule has 0 unspecified atom stereocenters. The van der Waals surface area contributed by atoms with E-state index in [4.69, 9.17) is 19.4 Å². The van der Waals surface area contributed by atoms with E-state index in [2.05, 4.69) is 109 Å². The van der Waals surface area contributed by atoms with Gasteiger partial charge < -0.3 is 4.42 Å². The number of rotatable bonds is 5. The van der Waals surface area contributed by atoms with E-state index in [-0.39, 0.29) is 0 Å². The van der Waals surface area contributed by atoms with Gasteiger partial charge in [0.15, 0.2) is 17.5 Å². The topological polar surface area (TPSA) is 51.8 Å². The van der Waals surface area contributed by atoms with Gasteiger partial charge in [0.05, 0.1) is 0 Å². The largest absolute Gasteiger partial charge is 0.456 e. The molecule has 0 spiro atoms. The second-order valence-corrected chi connectivity index (χ2v) is 14.6. The van der Waals surface area contributed by atoms with E-state index in [1.807, 2.05) is 78.1 Å². The van der Waals surface area contributed by atoms with Crippen LogP contribution in [0.25, 0.3) is 109 Å². The van der Waals surface area contributed by atoms with Gasteiger partial charge in [-0.1, -0.05) is 146 Å². The summed E-state index contributed by atoms with van der Waals surface area (Å²) < 4.78 is 9.17. The molecule has 0 aliphatic rings. The highest BCUT2D eigenvalue weighted by molar-refractivity contribution is 7.26. The van der Waals surface area contributed by atoms with Crippen LogP contribution in [0.4, 0.5) is 0 Å². The molecule has 3 aromatic heterocycles. The maximum absolute atomic E-state index is 6.59. The summed E-state index contributed by atoms with van der Waals surface area (Å²) in [6.07, 6.45) is 0. The third-order valence-corrected chi connectivity index (χ3v) is 11.5. The van der Waals surface area contributed by atoms with Crippen LogP contribution in [0.2, 0.25) is 0 Å². The zero-order chi connectivity index (χ0) is 35.6. The minimum atomic E-state index is 0.634. The first-order valence-electron chi connectivity index (χ1n) is 18.0. The molecule has 4 nitrogen and oxygen atoms in total. The van der Waals surface area contributed by atoms with Crippen molar-refractivity contribution in [3.63, 3.8) is 0 Å². The molecule has 5 heteroatoms. The molecule has 0 atom stereocenters. The Balaban J connectivity index is 1.08. The summed E-state index contributed by atoms with van der Waals surface area (Å²) >= 11 is 1.86. The third-order valence-electron chi connectivity index (χ3n) is 10.3. The Kier molecular flexibility index (Phi) is 7.00. The average Bonchev–Trinajstić information content (AvgIpc) is 3.82. The van der Waals surface area contributed by atoms with Crippen LogP contribution in [0.1, 0.15) is 0 Å². The maximum atomic E-state index is 6.59. The number of fused-ring (bicyclic) bond motifs is 9. The molecule has 252 valence electrons. The predicted octanol–water partition coefficient (Wildman–Crippen LogP) is 13.6. The molecule has 0 fully saturated rings. The molecular weight excluding hydrogens is 679 g/mol. The number of thiophene rings is 1. The molecule has 0 aliphatic heterocycles. The number of nitrogens with zero attached hydrogens (tertiary/aromatic N) is 3. The Labute approximate surface area is 314 Å². The van der Waals surface area contributed by atoms with Crippen LogP contribution in [0, 0.1) is 0 Å². The second kappa shape index (κ2) is 12.3. The Hall–Kier alpha value is -6.95. The molecule has 54 heavy (non-hydrogen) atoms. The van der Waals surface area contributed by atoms with Crippen LogP contribution in [0.5, 0.6) is 0 Å². The molecule has 0 aliphatic carbocycles. The molecule has 0 saturated carbocycles. The van der Waals surface area contributed by atoms with Crippen molar-refractivity contribution >= 4 is 64.2 Å². The summed E-state index contributed by atoms with van der Waals surface area (Å²) in [5.74, 6) is 1.93. The van der Waals surface area contributed by atoms with Crippen LogP contribution in [-0.4, -0.2) is 15.0 Å². The van der Waals surface area contributed by atoms with Crippen molar-refractivity contribution in [2.24, 2.45) is 0 Å². The van der Waals surface area contributed by atoms with Gasteiger partial charge in [-0.25, -0.2) is 15.0 Å². The van der Waals surface area contributed by atoms with Gasteiger partial charge in [-0.3, -0.25) is 0 Å². The summed E-state index contributed by atoms with van der Waals surface area (Å²) in [6.45, 7) is 0. The van der Waals surface area contributed by atoms with Gasteiger partial charge in [-0.15, -0.1) is 11.3 Å². The molecule has 11 aromatic rings. The van der Waals surface area contributed by atoms with Gasteiger partial charge in [-0.2, -0.15) is 0 Å². The van der Waals surface area contributed by atoms with Crippen LogP contribution in [0.3, 0.4) is 0 Å². The Morgan fingerprint density at radius 3 is 1.61 bits per heavy atom. The van der Waals surface area contributed by atoms with E-state index < -0.39 is 0 Å². The molecule has 11 rings (SSSR count). The minimum Gasteiger partial charge on any atom is -0.456 e. The molecule has 0 N–H and O–H groups in total. The van der Waals surface area contributed by atoms with Crippen molar-refractivity contribution in [2.75, 3.05) is 0 Å². The summed E-state index contributed by atoms with van der Waals surface area (Å²) in [7, 11) is 0. The van der Waals surface area contributed by atoms with Gasteiger partial charge in [0.1, 0.15) is 11.2 Å². The fourth-order valence-corrected chi connectivity index (χ4v) is 9.03. The lowest BCUT2D eigenvalue weighted by atomic mass is 9.92. The van der Waals surface area contributed by atoms with Gasteiger partial charge >= 0.3 is 0 Å². The fourth-order valence-electron chi connectivity index (χ4n) is 7.77. The minimum absolute atomic E-state index is 0.634. The number of aromatic nitrogens is 3. The highest BCUT2D eigenvalue weighted by Crippen LogP contribution is 2.47. The summed E-state index contributed by atoms with van der Waals surface area (Å²) in [4.78, 5) is 14.9. The molecule has 3 heterocycles. The third kappa shape index (κ3) is 5.01. The zero-order valence-electron chi connectivity index (χ0n) is 28.9. The monoisotopic (exact) mass is 707 g/mol.